The number of nitrogens with one attached hydrogen (secondary N) is 3. The molecule has 1 saturated carbocycles. The van der Waals surface area contributed by atoms with Crippen LogP contribution in [-0.2, 0) is 4.74 Å². The molecular weight excluding hydrogens is 554 g/mol. The first kappa shape index (κ1) is 30.3. The van der Waals surface area contributed by atoms with Gasteiger partial charge in [0.2, 0.25) is 0 Å². The zero-order valence-corrected chi connectivity index (χ0v) is 25.8. The van der Waals surface area contributed by atoms with Gasteiger partial charge in [-0.25, -0.2) is 13.6 Å². The number of piperidine rings is 2. The molecule has 0 aromatic rings. The Morgan fingerprint density at radius 2 is 1.91 bits per heavy atom. The molecule has 2 bridgehead atoms. The van der Waals surface area contributed by atoms with Gasteiger partial charge in [-0.05, 0) is 75.8 Å². The van der Waals surface area contributed by atoms with Crippen molar-refractivity contribution >= 4 is 6.03 Å². The number of rotatable bonds is 4. The van der Waals surface area contributed by atoms with Crippen molar-refractivity contribution in [2.45, 2.75) is 132 Å². The summed E-state index contributed by atoms with van der Waals surface area (Å²) in [6.07, 6.45) is 3.38. The lowest BCUT2D eigenvalue weighted by atomic mass is 9.72. The van der Waals surface area contributed by atoms with E-state index in [4.69, 9.17) is 4.74 Å². The van der Waals surface area contributed by atoms with Gasteiger partial charge in [-0.3, -0.25) is 15.1 Å². The van der Waals surface area contributed by atoms with Crippen molar-refractivity contribution in [2.24, 2.45) is 23.7 Å². The van der Waals surface area contributed by atoms with Crippen LogP contribution in [0.5, 0.6) is 0 Å². The van der Waals surface area contributed by atoms with E-state index in [0.29, 0.717) is 31.4 Å². The average Bonchev–Trinajstić information content (AvgIpc) is 3.30. The first-order valence-corrected chi connectivity index (χ1v) is 17.1. The van der Waals surface area contributed by atoms with Crippen molar-refractivity contribution in [3.8, 4) is 0 Å². The molecule has 9 nitrogen and oxygen atoms in total. The highest BCUT2D eigenvalue weighted by atomic mass is 19.1. The lowest BCUT2D eigenvalue weighted by molar-refractivity contribution is -0.136. The van der Waals surface area contributed by atoms with Gasteiger partial charge in [0, 0.05) is 55.7 Å². The van der Waals surface area contributed by atoms with Crippen LogP contribution in [0.2, 0.25) is 0 Å². The van der Waals surface area contributed by atoms with Crippen molar-refractivity contribution in [3.05, 3.63) is 12.7 Å². The number of ether oxygens (including phenoxy) is 1. The molecule has 7 fully saturated rings. The molecular formula is C32H52F2N6O3. The lowest BCUT2D eigenvalue weighted by Gasteiger charge is -2.62. The lowest BCUT2D eigenvalue weighted by Crippen LogP contribution is -2.81. The number of hydrogen-bond acceptors (Lipinski definition) is 7. The number of carbonyl (C=O) groups is 1. The molecule has 11 heteroatoms. The number of aliphatic hydroxyl groups excluding tert-OH is 1. The average molecular weight is 607 g/mol. The molecule has 6 aliphatic heterocycles. The molecule has 14 atom stereocenters. The Kier molecular flexibility index (Phi) is 8.52. The van der Waals surface area contributed by atoms with Gasteiger partial charge in [-0.2, -0.15) is 0 Å². The van der Waals surface area contributed by atoms with Crippen molar-refractivity contribution < 1.29 is 23.4 Å². The molecule has 7 rings (SSSR count). The maximum absolute atomic E-state index is 16.5. The van der Waals surface area contributed by atoms with E-state index in [9.17, 15) is 9.90 Å². The number of fused-ring (bicyclic) bond motifs is 6. The molecule has 0 spiro atoms. The molecule has 1 aliphatic carbocycles. The molecule has 242 valence electrons. The fraction of sp³-hybridized carbons (Fsp3) is 0.906. The Hall–Kier alpha value is -1.37. The summed E-state index contributed by atoms with van der Waals surface area (Å²) >= 11 is 0. The fourth-order valence-corrected chi connectivity index (χ4v) is 10.2. The Bertz CT molecular complexity index is 1040. The maximum Gasteiger partial charge on any atom is 0.320 e. The Balaban J connectivity index is 1.24. The summed E-state index contributed by atoms with van der Waals surface area (Å²) < 4.78 is 38.6. The molecule has 0 aromatic heterocycles. The normalized spacial score (nSPS) is 48.1. The quantitative estimate of drug-likeness (QED) is 0.366. The molecule has 6 saturated heterocycles. The number of amides is 2. The molecule has 7 aliphatic rings. The monoisotopic (exact) mass is 606 g/mol. The largest absolute Gasteiger partial charge is 0.378 e. The van der Waals surface area contributed by atoms with Crippen LogP contribution in [0.3, 0.4) is 0 Å². The van der Waals surface area contributed by atoms with Crippen LogP contribution < -0.4 is 16.0 Å². The second-order valence-corrected chi connectivity index (χ2v) is 14.7. The van der Waals surface area contributed by atoms with Gasteiger partial charge in [0.15, 0.2) is 0 Å². The number of likely N-dealkylation sites (tertiary alicyclic amines) is 2. The number of alkyl halides is 2. The molecule has 0 radical (unpaired) electrons. The Morgan fingerprint density at radius 3 is 2.70 bits per heavy atom. The summed E-state index contributed by atoms with van der Waals surface area (Å²) in [5.74, 6) is -0.143. The zero-order valence-electron chi connectivity index (χ0n) is 25.8. The SMILES string of the molecule is C=CC(O)N1CC[C@H]2[C@@H]1CN2C1NC(=O)N2C3NC(C(F)CC31)C1C(F)CCCC1OCCCC1CCNC(C(C)C)C12. The van der Waals surface area contributed by atoms with E-state index >= 15 is 8.78 Å². The van der Waals surface area contributed by atoms with Gasteiger partial charge < -0.3 is 25.4 Å². The third kappa shape index (κ3) is 5.14. The predicted molar refractivity (Wildman–Crippen MR) is 159 cm³/mol. The third-order valence-electron chi connectivity index (χ3n) is 12.2. The standard InChI is InChI=1S/C32H52F2N6O3/c1-4-25(41)38-13-11-22-23(38)16-39(22)30-19-15-21(34)28-26-20(33)8-5-9-24(26)43-14-6-7-18-10-12-35-27(17(2)3)29(18)40(31(19)36-28)32(42)37-30/h4,17-31,35-36,41H,1,5-16H2,2-3H3,(H,37,42)/t18?,19?,20?,21?,22-,23-,24?,25?,26?,27?,28?,29?,30?,31?/m0/s1. The smallest absolute Gasteiger partial charge is 0.320 e. The molecule has 0 aromatic carbocycles. The Morgan fingerprint density at radius 1 is 1.07 bits per heavy atom. The summed E-state index contributed by atoms with van der Waals surface area (Å²) in [5.41, 5.74) is 0. The van der Waals surface area contributed by atoms with E-state index in [-0.39, 0.29) is 54.8 Å². The van der Waals surface area contributed by atoms with Crippen molar-refractivity contribution in [3.63, 3.8) is 0 Å². The van der Waals surface area contributed by atoms with Gasteiger partial charge >= 0.3 is 6.03 Å². The van der Waals surface area contributed by atoms with E-state index in [1.807, 2.05) is 4.90 Å². The van der Waals surface area contributed by atoms with Crippen LogP contribution in [0.25, 0.3) is 0 Å². The van der Waals surface area contributed by atoms with Gasteiger partial charge in [0.25, 0.3) is 0 Å². The summed E-state index contributed by atoms with van der Waals surface area (Å²) in [5, 5.41) is 21.2. The topological polar surface area (TPSA) is 92.3 Å². The van der Waals surface area contributed by atoms with Gasteiger partial charge in [0.1, 0.15) is 18.6 Å². The number of hydrogen-bond donors (Lipinski definition) is 4. The van der Waals surface area contributed by atoms with Crippen LogP contribution in [0.4, 0.5) is 13.6 Å². The van der Waals surface area contributed by atoms with Crippen LogP contribution in [0, 0.1) is 23.7 Å². The summed E-state index contributed by atoms with van der Waals surface area (Å²) in [6, 6.07) is -0.363. The third-order valence-corrected chi connectivity index (χ3v) is 12.2. The number of urea groups is 1. The zero-order chi connectivity index (χ0) is 30.0. The minimum Gasteiger partial charge on any atom is -0.378 e. The predicted octanol–water partition coefficient (Wildman–Crippen LogP) is 2.56. The van der Waals surface area contributed by atoms with E-state index in [1.165, 1.54) is 0 Å². The fourth-order valence-electron chi connectivity index (χ4n) is 10.2. The maximum atomic E-state index is 16.5. The van der Waals surface area contributed by atoms with Gasteiger partial charge in [-0.1, -0.05) is 20.4 Å². The number of halogens is 2. The van der Waals surface area contributed by atoms with Gasteiger partial charge in [0.05, 0.1) is 24.5 Å². The second-order valence-electron chi connectivity index (χ2n) is 14.7. The molecule has 6 heterocycles. The van der Waals surface area contributed by atoms with Crippen molar-refractivity contribution in [2.75, 3.05) is 26.2 Å². The van der Waals surface area contributed by atoms with Crippen molar-refractivity contribution in [1.82, 2.24) is 30.7 Å². The molecule has 4 N–H and O–H groups in total. The summed E-state index contributed by atoms with van der Waals surface area (Å²) in [6.45, 7) is 11.1. The molecule has 43 heavy (non-hydrogen) atoms. The van der Waals surface area contributed by atoms with Gasteiger partial charge in [-0.15, -0.1) is 0 Å². The highest BCUT2D eigenvalue weighted by Crippen LogP contribution is 2.45. The summed E-state index contributed by atoms with van der Waals surface area (Å²) in [4.78, 5) is 20.8. The minimum absolute atomic E-state index is 0.0527. The van der Waals surface area contributed by atoms with Crippen LogP contribution in [0.1, 0.15) is 65.2 Å². The van der Waals surface area contributed by atoms with E-state index in [0.717, 1.165) is 51.6 Å². The number of nitrogens with zero attached hydrogens (tertiary/aromatic N) is 3. The minimum atomic E-state index is -1.24. The molecule has 12 unspecified atom stereocenters. The van der Waals surface area contributed by atoms with E-state index < -0.39 is 36.7 Å². The highest BCUT2D eigenvalue weighted by molar-refractivity contribution is 5.76. The summed E-state index contributed by atoms with van der Waals surface area (Å²) in [7, 11) is 0. The second kappa shape index (κ2) is 12.1. The number of carbonyl (C=O) groups excluding carboxylic acids is 1. The number of aliphatic hydroxyl groups is 1. The van der Waals surface area contributed by atoms with Crippen LogP contribution >= 0.6 is 0 Å². The molecule has 2 amide bonds. The highest BCUT2D eigenvalue weighted by Gasteiger charge is 2.60. The van der Waals surface area contributed by atoms with E-state index in [2.05, 4.69) is 46.2 Å². The van der Waals surface area contributed by atoms with Crippen molar-refractivity contribution in [1.29, 1.82) is 0 Å². The first-order chi connectivity index (χ1) is 20.8. The Labute approximate surface area is 255 Å². The van der Waals surface area contributed by atoms with Crippen LogP contribution in [0.15, 0.2) is 12.7 Å². The van der Waals surface area contributed by atoms with Crippen LogP contribution in [-0.4, -0.2) is 119 Å². The van der Waals surface area contributed by atoms with E-state index in [1.54, 1.807) is 6.08 Å². The first-order valence-electron chi connectivity index (χ1n) is 17.1.